The third kappa shape index (κ3) is 5.03. The highest BCUT2D eigenvalue weighted by atomic mass is 16.5. The lowest BCUT2D eigenvalue weighted by Gasteiger charge is -2.33. The number of hydrogen-bond acceptors (Lipinski definition) is 4. The van der Waals surface area contributed by atoms with Crippen LogP contribution in [0.1, 0.15) is 33.1 Å². The average molecular weight is 386 g/mol. The zero-order chi connectivity index (χ0) is 19.8. The van der Waals surface area contributed by atoms with E-state index in [4.69, 9.17) is 9.73 Å². The molecule has 0 saturated carbocycles. The number of hydrogen-bond donors (Lipinski definition) is 1. The molecule has 1 aliphatic rings. The minimum atomic E-state index is -0.0587. The van der Waals surface area contributed by atoms with Crippen LogP contribution in [-0.4, -0.2) is 59.2 Å². The maximum Gasteiger partial charge on any atom is 0.309 e. The number of fused-ring (bicyclic) bond motifs is 1. The Labute approximate surface area is 166 Å². The number of likely N-dealkylation sites (tertiary alicyclic amines) is 1. The molecule has 1 fully saturated rings. The summed E-state index contributed by atoms with van der Waals surface area (Å²) in [5.41, 5.74) is 2.20. The molecule has 7 nitrogen and oxygen atoms in total. The molecule has 1 N–H and O–H groups in total. The van der Waals surface area contributed by atoms with Gasteiger partial charge in [-0.25, -0.2) is 4.98 Å². The van der Waals surface area contributed by atoms with Crippen LogP contribution in [0.5, 0.6) is 0 Å². The van der Waals surface area contributed by atoms with Crippen molar-refractivity contribution in [2.45, 2.75) is 39.7 Å². The van der Waals surface area contributed by atoms with Gasteiger partial charge in [0.05, 0.1) is 29.9 Å². The van der Waals surface area contributed by atoms with Gasteiger partial charge in [-0.1, -0.05) is 12.1 Å². The van der Waals surface area contributed by atoms with Gasteiger partial charge in [0.25, 0.3) is 0 Å². The van der Waals surface area contributed by atoms with Gasteiger partial charge in [0, 0.05) is 32.7 Å². The summed E-state index contributed by atoms with van der Waals surface area (Å²) in [6, 6.07) is 8.19. The van der Waals surface area contributed by atoms with Crippen LogP contribution in [0.4, 0.5) is 0 Å². The molecule has 0 amide bonds. The lowest BCUT2D eigenvalue weighted by molar-refractivity contribution is -0.149. The van der Waals surface area contributed by atoms with E-state index < -0.39 is 0 Å². The number of nitrogens with zero attached hydrogens (tertiary/aromatic N) is 4. The number of aliphatic imine (C=N–C) groups is 1. The number of para-hydroxylation sites is 2. The van der Waals surface area contributed by atoms with Gasteiger partial charge in [0.1, 0.15) is 0 Å². The molecule has 0 spiro atoms. The molecular weight excluding hydrogens is 354 g/mol. The second-order valence-electron chi connectivity index (χ2n) is 7.03. The topological polar surface area (TPSA) is 71.8 Å². The predicted octanol–water partition coefficient (Wildman–Crippen LogP) is 2.67. The van der Waals surface area contributed by atoms with Crippen molar-refractivity contribution in [2.24, 2.45) is 10.9 Å². The monoisotopic (exact) mass is 385 g/mol. The number of carbonyl (C=O) groups is 1. The van der Waals surface area contributed by atoms with Crippen molar-refractivity contribution in [3.63, 3.8) is 0 Å². The van der Waals surface area contributed by atoms with E-state index in [0.717, 1.165) is 63.5 Å². The summed E-state index contributed by atoms with van der Waals surface area (Å²) >= 11 is 0. The second-order valence-corrected chi connectivity index (χ2v) is 7.03. The van der Waals surface area contributed by atoms with Crippen molar-refractivity contribution < 1.29 is 9.53 Å². The van der Waals surface area contributed by atoms with Crippen molar-refractivity contribution in [1.29, 1.82) is 0 Å². The van der Waals surface area contributed by atoms with Crippen molar-refractivity contribution >= 4 is 23.0 Å². The van der Waals surface area contributed by atoms with Gasteiger partial charge < -0.3 is 19.5 Å². The van der Waals surface area contributed by atoms with Crippen LogP contribution in [0.25, 0.3) is 11.0 Å². The molecule has 2 aromatic rings. The Kier molecular flexibility index (Phi) is 7.28. The minimum Gasteiger partial charge on any atom is -0.466 e. The first-order chi connectivity index (χ1) is 13.7. The Balaban J connectivity index is 1.51. The number of ether oxygens (including phenoxy) is 1. The molecule has 1 aliphatic heterocycles. The molecule has 0 radical (unpaired) electrons. The molecular formula is C21H31N5O2. The number of aromatic nitrogens is 2. The SMILES string of the molecule is CCNC(=NCCCn1cnc2ccccc21)N1CCC(C(=O)OCC)CC1. The summed E-state index contributed by atoms with van der Waals surface area (Å²) in [6.45, 7) is 8.55. The Hall–Kier alpha value is -2.57. The van der Waals surface area contributed by atoms with E-state index in [1.807, 2.05) is 31.5 Å². The zero-order valence-corrected chi connectivity index (χ0v) is 16.9. The fourth-order valence-electron chi connectivity index (χ4n) is 3.63. The van der Waals surface area contributed by atoms with Crippen LogP contribution in [0.15, 0.2) is 35.6 Å². The number of aryl methyl sites for hydroxylation is 1. The van der Waals surface area contributed by atoms with Crippen LogP contribution in [0.2, 0.25) is 0 Å². The lowest BCUT2D eigenvalue weighted by Crippen LogP contribution is -2.46. The maximum absolute atomic E-state index is 11.9. The first-order valence-electron chi connectivity index (χ1n) is 10.3. The Bertz CT molecular complexity index is 793. The third-order valence-electron chi connectivity index (χ3n) is 5.10. The van der Waals surface area contributed by atoms with E-state index in [2.05, 4.69) is 32.8 Å². The fourth-order valence-corrected chi connectivity index (χ4v) is 3.63. The molecule has 0 unspecified atom stereocenters. The van der Waals surface area contributed by atoms with E-state index in [0.29, 0.717) is 6.61 Å². The van der Waals surface area contributed by atoms with Crippen molar-refractivity contribution in [3.05, 3.63) is 30.6 Å². The zero-order valence-electron chi connectivity index (χ0n) is 16.9. The minimum absolute atomic E-state index is 0.0219. The number of rotatable bonds is 7. The van der Waals surface area contributed by atoms with Crippen LogP contribution < -0.4 is 5.32 Å². The Morgan fingerprint density at radius 2 is 2.07 bits per heavy atom. The van der Waals surface area contributed by atoms with Gasteiger partial charge in [0.15, 0.2) is 5.96 Å². The van der Waals surface area contributed by atoms with E-state index >= 15 is 0 Å². The highest BCUT2D eigenvalue weighted by molar-refractivity contribution is 5.80. The van der Waals surface area contributed by atoms with E-state index in [9.17, 15) is 4.79 Å². The molecule has 1 aromatic carbocycles. The van der Waals surface area contributed by atoms with Crippen molar-refractivity contribution in [1.82, 2.24) is 19.8 Å². The Morgan fingerprint density at radius 3 is 2.82 bits per heavy atom. The third-order valence-corrected chi connectivity index (χ3v) is 5.10. The number of piperidine rings is 1. The Morgan fingerprint density at radius 1 is 1.29 bits per heavy atom. The summed E-state index contributed by atoms with van der Waals surface area (Å²) < 4.78 is 7.34. The first kappa shape index (κ1) is 20.2. The van der Waals surface area contributed by atoms with Crippen molar-refractivity contribution in [2.75, 3.05) is 32.8 Å². The summed E-state index contributed by atoms with van der Waals surface area (Å²) in [5, 5.41) is 3.39. The molecule has 28 heavy (non-hydrogen) atoms. The molecule has 0 aliphatic carbocycles. The largest absolute Gasteiger partial charge is 0.466 e. The number of benzene rings is 1. The lowest BCUT2D eigenvalue weighted by atomic mass is 9.97. The number of guanidine groups is 1. The van der Waals surface area contributed by atoms with E-state index in [1.54, 1.807) is 0 Å². The van der Waals surface area contributed by atoms with Gasteiger partial charge in [-0.2, -0.15) is 0 Å². The fraction of sp³-hybridized carbons (Fsp3) is 0.571. The molecule has 7 heteroatoms. The summed E-state index contributed by atoms with van der Waals surface area (Å²) in [4.78, 5) is 23.4. The smallest absolute Gasteiger partial charge is 0.309 e. The predicted molar refractivity (Wildman–Crippen MR) is 111 cm³/mol. The quantitative estimate of drug-likeness (QED) is 0.343. The highest BCUT2D eigenvalue weighted by Gasteiger charge is 2.27. The van der Waals surface area contributed by atoms with Crippen LogP contribution >= 0.6 is 0 Å². The summed E-state index contributed by atoms with van der Waals surface area (Å²) in [5.74, 6) is 0.908. The van der Waals surface area contributed by atoms with Gasteiger partial charge >= 0.3 is 5.97 Å². The number of carbonyl (C=O) groups excluding carboxylic acids is 1. The van der Waals surface area contributed by atoms with Crippen LogP contribution in [0.3, 0.4) is 0 Å². The molecule has 152 valence electrons. The number of esters is 1. The standard InChI is InChI=1S/C21H31N5O2/c1-3-22-21(25-14-10-17(11-15-25)20(27)28-4-2)23-12-7-13-26-16-24-18-8-5-6-9-19(18)26/h5-6,8-9,16-17H,3-4,7,10-15H2,1-2H3,(H,22,23). The first-order valence-corrected chi connectivity index (χ1v) is 10.3. The van der Waals surface area contributed by atoms with Gasteiger partial charge in [-0.15, -0.1) is 0 Å². The van der Waals surface area contributed by atoms with Crippen molar-refractivity contribution in [3.8, 4) is 0 Å². The summed E-state index contributed by atoms with van der Waals surface area (Å²) in [7, 11) is 0. The van der Waals surface area contributed by atoms with E-state index in [1.165, 1.54) is 5.52 Å². The second kappa shape index (κ2) is 10.1. The molecule has 0 bridgehead atoms. The van der Waals surface area contributed by atoms with Gasteiger partial charge in [0.2, 0.25) is 0 Å². The maximum atomic E-state index is 11.9. The molecule has 0 atom stereocenters. The average Bonchev–Trinajstić information content (AvgIpc) is 3.14. The molecule has 2 heterocycles. The number of imidazole rings is 1. The van der Waals surface area contributed by atoms with E-state index in [-0.39, 0.29) is 11.9 Å². The highest BCUT2D eigenvalue weighted by Crippen LogP contribution is 2.19. The van der Waals surface area contributed by atoms with Gasteiger partial charge in [-0.3, -0.25) is 9.79 Å². The van der Waals surface area contributed by atoms with Gasteiger partial charge in [-0.05, 0) is 45.2 Å². The normalized spacial score (nSPS) is 15.8. The van der Waals surface area contributed by atoms with Crippen LogP contribution in [-0.2, 0) is 16.1 Å². The summed E-state index contributed by atoms with van der Waals surface area (Å²) in [6.07, 6.45) is 4.50. The molecule has 1 saturated heterocycles. The molecule has 1 aromatic heterocycles. The van der Waals surface area contributed by atoms with Crippen LogP contribution in [0, 0.1) is 5.92 Å². The molecule has 3 rings (SSSR count). The number of nitrogens with one attached hydrogen (secondary N) is 1.